The smallest absolute Gasteiger partial charge is 0.339 e. The minimum Gasteiger partial charge on any atom is -0.478 e. The van der Waals surface area contributed by atoms with Crippen LogP contribution in [-0.2, 0) is 9.53 Å². The first-order valence-corrected chi connectivity index (χ1v) is 5.63. The van der Waals surface area contributed by atoms with E-state index in [1.165, 1.54) is 13.3 Å². The summed E-state index contributed by atoms with van der Waals surface area (Å²) in [5.74, 6) is -1.45. The normalized spacial score (nSPS) is 14.0. The van der Waals surface area contributed by atoms with Crippen LogP contribution in [0.2, 0.25) is 0 Å². The van der Waals surface area contributed by atoms with Crippen LogP contribution >= 0.6 is 0 Å². The van der Waals surface area contributed by atoms with Crippen molar-refractivity contribution in [3.05, 3.63) is 17.5 Å². The molecule has 0 aliphatic rings. The maximum absolute atomic E-state index is 12.0. The average Bonchev–Trinajstić information content (AvgIpc) is 2.69. The summed E-state index contributed by atoms with van der Waals surface area (Å²) >= 11 is 0. The molecule has 0 fully saturated rings. The number of carbonyl (C=O) groups excluding carboxylic acids is 1. The van der Waals surface area contributed by atoms with Gasteiger partial charge in [-0.15, -0.1) is 0 Å². The Hall–Kier alpha value is -1.82. The Balaban J connectivity index is 2.99. The molecule has 100 valence electrons. The fourth-order valence-corrected chi connectivity index (χ4v) is 1.55. The monoisotopic (exact) mass is 254 g/mol. The highest BCUT2D eigenvalue weighted by atomic mass is 16.5. The maximum atomic E-state index is 12.0. The number of hydrogen-bond donors (Lipinski definition) is 3. The molecule has 0 aliphatic carbocycles. The van der Waals surface area contributed by atoms with Crippen LogP contribution in [0, 0.1) is 6.92 Å². The number of aromatic carboxylic acids is 1. The fourth-order valence-electron chi connectivity index (χ4n) is 1.55. The van der Waals surface area contributed by atoms with E-state index in [-0.39, 0.29) is 17.2 Å². The zero-order valence-corrected chi connectivity index (χ0v) is 11.0. The van der Waals surface area contributed by atoms with E-state index in [9.17, 15) is 9.59 Å². The van der Waals surface area contributed by atoms with Gasteiger partial charge in [0.1, 0.15) is 11.2 Å². The van der Waals surface area contributed by atoms with Crippen molar-refractivity contribution in [2.75, 3.05) is 12.4 Å². The standard InChI is InChI=1S/C12H18N2O4/c1-5-12(3,18-4)11(17)14-8-6-13-7(2)9(8)10(15)16/h6,13H,5H2,1-4H3,(H,14,17)(H,15,16). The fraction of sp³-hybridized carbons (Fsp3) is 0.500. The third kappa shape index (κ3) is 2.53. The Morgan fingerprint density at radius 1 is 1.56 bits per heavy atom. The van der Waals surface area contributed by atoms with E-state index in [1.54, 1.807) is 13.8 Å². The van der Waals surface area contributed by atoms with E-state index in [0.29, 0.717) is 12.1 Å². The average molecular weight is 254 g/mol. The van der Waals surface area contributed by atoms with Gasteiger partial charge in [0.25, 0.3) is 5.91 Å². The number of ether oxygens (including phenoxy) is 1. The van der Waals surface area contributed by atoms with Crippen molar-refractivity contribution in [1.82, 2.24) is 4.98 Å². The van der Waals surface area contributed by atoms with Gasteiger partial charge in [0, 0.05) is 19.0 Å². The number of nitrogens with one attached hydrogen (secondary N) is 2. The van der Waals surface area contributed by atoms with E-state index in [2.05, 4.69) is 10.3 Å². The molecule has 0 spiro atoms. The first-order chi connectivity index (χ1) is 8.35. The summed E-state index contributed by atoms with van der Waals surface area (Å²) in [6.45, 7) is 5.11. The molecule has 0 aromatic carbocycles. The molecule has 0 radical (unpaired) electrons. The number of methoxy groups -OCH3 is 1. The quantitative estimate of drug-likeness (QED) is 0.746. The van der Waals surface area contributed by atoms with Gasteiger partial charge in [0.15, 0.2) is 0 Å². The highest BCUT2D eigenvalue weighted by Gasteiger charge is 2.32. The lowest BCUT2D eigenvalue weighted by molar-refractivity contribution is -0.136. The van der Waals surface area contributed by atoms with Gasteiger partial charge in [0.05, 0.1) is 5.69 Å². The number of aromatic nitrogens is 1. The zero-order valence-electron chi connectivity index (χ0n) is 11.0. The molecule has 6 heteroatoms. The molecule has 1 amide bonds. The van der Waals surface area contributed by atoms with Gasteiger partial charge in [-0.25, -0.2) is 4.79 Å². The second-order valence-corrected chi connectivity index (χ2v) is 4.25. The number of carbonyl (C=O) groups is 2. The molecule has 0 bridgehead atoms. The number of H-pyrrole nitrogens is 1. The highest BCUT2D eigenvalue weighted by molar-refractivity contribution is 6.03. The predicted octanol–water partition coefficient (Wildman–Crippen LogP) is 1.77. The largest absolute Gasteiger partial charge is 0.478 e. The number of rotatable bonds is 5. The van der Waals surface area contributed by atoms with Gasteiger partial charge >= 0.3 is 5.97 Å². The molecule has 18 heavy (non-hydrogen) atoms. The molecule has 0 saturated heterocycles. The number of hydrogen-bond acceptors (Lipinski definition) is 3. The number of aryl methyl sites for hydroxylation is 1. The van der Waals surface area contributed by atoms with Crippen LogP contribution in [0.25, 0.3) is 0 Å². The summed E-state index contributed by atoms with van der Waals surface area (Å²) in [7, 11) is 1.45. The van der Waals surface area contributed by atoms with Crippen LogP contribution in [-0.4, -0.2) is 34.7 Å². The number of amides is 1. The molecule has 1 heterocycles. The lowest BCUT2D eigenvalue weighted by Crippen LogP contribution is -2.41. The highest BCUT2D eigenvalue weighted by Crippen LogP contribution is 2.22. The van der Waals surface area contributed by atoms with Crippen molar-refractivity contribution < 1.29 is 19.4 Å². The van der Waals surface area contributed by atoms with Gasteiger partial charge < -0.3 is 20.1 Å². The van der Waals surface area contributed by atoms with E-state index >= 15 is 0 Å². The van der Waals surface area contributed by atoms with Crippen LogP contribution < -0.4 is 5.32 Å². The molecule has 0 saturated carbocycles. The Labute approximate surface area is 105 Å². The third-order valence-corrected chi connectivity index (χ3v) is 3.14. The summed E-state index contributed by atoms with van der Waals surface area (Å²) in [4.78, 5) is 25.9. The van der Waals surface area contributed by atoms with Crippen molar-refractivity contribution in [2.45, 2.75) is 32.8 Å². The summed E-state index contributed by atoms with van der Waals surface area (Å²) in [6, 6.07) is 0. The van der Waals surface area contributed by atoms with E-state index in [4.69, 9.17) is 9.84 Å². The molecule has 1 unspecified atom stereocenters. The third-order valence-electron chi connectivity index (χ3n) is 3.14. The molecule has 1 aromatic rings. The second kappa shape index (κ2) is 5.22. The number of anilines is 1. The van der Waals surface area contributed by atoms with Gasteiger partial charge in [-0.1, -0.05) is 6.92 Å². The molecule has 1 atom stereocenters. The first kappa shape index (κ1) is 14.2. The van der Waals surface area contributed by atoms with E-state index < -0.39 is 11.6 Å². The van der Waals surface area contributed by atoms with Crippen molar-refractivity contribution in [1.29, 1.82) is 0 Å². The topological polar surface area (TPSA) is 91.4 Å². The first-order valence-electron chi connectivity index (χ1n) is 5.63. The molecule has 1 rings (SSSR count). The molecular weight excluding hydrogens is 236 g/mol. The van der Waals surface area contributed by atoms with Gasteiger partial charge in [0.2, 0.25) is 0 Å². The van der Waals surface area contributed by atoms with Crippen LogP contribution in [0.3, 0.4) is 0 Å². The summed E-state index contributed by atoms with van der Waals surface area (Å²) in [5, 5.41) is 11.6. The molecule has 3 N–H and O–H groups in total. The van der Waals surface area contributed by atoms with Crippen LogP contribution in [0.15, 0.2) is 6.20 Å². The lowest BCUT2D eigenvalue weighted by Gasteiger charge is -2.25. The second-order valence-electron chi connectivity index (χ2n) is 4.25. The van der Waals surface area contributed by atoms with Gasteiger partial charge in [-0.2, -0.15) is 0 Å². The Morgan fingerprint density at radius 3 is 2.61 bits per heavy atom. The Morgan fingerprint density at radius 2 is 2.17 bits per heavy atom. The van der Waals surface area contributed by atoms with Gasteiger partial charge in [-0.05, 0) is 20.3 Å². The molecule has 6 nitrogen and oxygen atoms in total. The van der Waals surface area contributed by atoms with Crippen LogP contribution in [0.5, 0.6) is 0 Å². The minimum absolute atomic E-state index is 0.0675. The zero-order chi connectivity index (χ0) is 13.9. The number of carboxylic acid groups (broad SMARTS) is 1. The predicted molar refractivity (Wildman–Crippen MR) is 66.8 cm³/mol. The van der Waals surface area contributed by atoms with Crippen molar-refractivity contribution in [2.24, 2.45) is 0 Å². The van der Waals surface area contributed by atoms with Gasteiger partial charge in [-0.3, -0.25) is 4.79 Å². The minimum atomic E-state index is -1.08. The summed E-state index contributed by atoms with van der Waals surface area (Å²) in [6.07, 6.45) is 1.95. The number of carboxylic acids is 1. The van der Waals surface area contributed by atoms with Crippen LogP contribution in [0.4, 0.5) is 5.69 Å². The Kier molecular flexibility index (Phi) is 4.13. The lowest BCUT2D eigenvalue weighted by atomic mass is 10.0. The van der Waals surface area contributed by atoms with Crippen molar-refractivity contribution in [3.63, 3.8) is 0 Å². The van der Waals surface area contributed by atoms with Crippen molar-refractivity contribution >= 4 is 17.6 Å². The Bertz CT molecular complexity index is 461. The summed E-state index contributed by atoms with van der Waals surface area (Å²) in [5.41, 5.74) is -0.158. The number of aromatic amines is 1. The molecule has 1 aromatic heterocycles. The van der Waals surface area contributed by atoms with Crippen LogP contribution in [0.1, 0.15) is 36.3 Å². The van der Waals surface area contributed by atoms with E-state index in [1.807, 2.05) is 6.92 Å². The summed E-state index contributed by atoms with van der Waals surface area (Å²) < 4.78 is 5.16. The van der Waals surface area contributed by atoms with E-state index in [0.717, 1.165) is 0 Å². The van der Waals surface area contributed by atoms with Crippen molar-refractivity contribution in [3.8, 4) is 0 Å². The SMILES string of the molecule is CCC(C)(OC)C(=O)Nc1c[nH]c(C)c1C(=O)O. The molecular formula is C12H18N2O4. The molecule has 0 aliphatic heterocycles. The maximum Gasteiger partial charge on any atom is 0.339 e.